The van der Waals surface area contributed by atoms with Gasteiger partial charge in [0.2, 0.25) is 10.0 Å². The predicted octanol–water partition coefficient (Wildman–Crippen LogP) is 3.80. The normalized spacial score (nSPS) is 17.8. The molecule has 0 bridgehead atoms. The van der Waals surface area contributed by atoms with Gasteiger partial charge in [-0.2, -0.15) is 4.31 Å². The van der Waals surface area contributed by atoms with E-state index in [2.05, 4.69) is 4.98 Å². The van der Waals surface area contributed by atoms with Crippen LogP contribution < -0.4 is 4.74 Å². The van der Waals surface area contributed by atoms with Crippen molar-refractivity contribution in [3.05, 3.63) is 69.9 Å². The number of benzene rings is 2. The summed E-state index contributed by atoms with van der Waals surface area (Å²) >= 11 is 1.24. The Kier molecular flexibility index (Phi) is 6.41. The summed E-state index contributed by atoms with van der Waals surface area (Å²) in [5.41, 5.74) is 0.677. The first-order valence-electron chi connectivity index (χ1n) is 9.67. The molecular weight excluding hydrogens is 481 g/mol. The van der Waals surface area contributed by atoms with Crippen molar-refractivity contribution < 1.29 is 36.2 Å². The number of hydrogen-bond donors (Lipinski definition) is 1. The highest BCUT2D eigenvalue weighted by Crippen LogP contribution is 2.28. The molecule has 1 fully saturated rings. The van der Waals surface area contributed by atoms with Gasteiger partial charge in [-0.1, -0.05) is 12.1 Å². The Morgan fingerprint density at radius 1 is 1.15 bits per heavy atom. The zero-order chi connectivity index (χ0) is 23.8. The molecule has 1 saturated heterocycles. The molecular formula is C21H17F3N2O5S2. The van der Waals surface area contributed by atoms with Crippen LogP contribution in [-0.2, 0) is 28.0 Å². The molecule has 0 saturated carbocycles. The molecule has 0 amide bonds. The van der Waals surface area contributed by atoms with Crippen LogP contribution in [0, 0.1) is 17.5 Å². The lowest BCUT2D eigenvalue weighted by atomic mass is 10.0. The largest absolute Gasteiger partial charge is 0.486 e. The highest BCUT2D eigenvalue weighted by molar-refractivity contribution is 7.89. The first-order chi connectivity index (χ1) is 15.6. The lowest BCUT2D eigenvalue weighted by Gasteiger charge is -2.18. The molecule has 0 unspecified atom stereocenters. The fourth-order valence-electron chi connectivity index (χ4n) is 3.44. The molecule has 1 aliphatic rings. The molecule has 7 nitrogen and oxygen atoms in total. The summed E-state index contributed by atoms with van der Waals surface area (Å²) < 4.78 is 71.3. The summed E-state index contributed by atoms with van der Waals surface area (Å²) in [6, 6.07) is 6.26. The van der Waals surface area contributed by atoms with Gasteiger partial charge in [-0.05, 0) is 30.2 Å². The van der Waals surface area contributed by atoms with Crippen molar-refractivity contribution in [3.63, 3.8) is 0 Å². The smallest absolute Gasteiger partial charge is 0.322 e. The molecule has 1 aliphatic heterocycles. The van der Waals surface area contributed by atoms with Crippen molar-refractivity contribution in [2.75, 3.05) is 5.75 Å². The van der Waals surface area contributed by atoms with E-state index in [1.807, 2.05) is 0 Å². The fourth-order valence-corrected chi connectivity index (χ4v) is 5.80. The van der Waals surface area contributed by atoms with Crippen LogP contribution in [0.5, 0.6) is 5.75 Å². The SMILES string of the molecule is O=C(O)[C@@H]1CCS(=O)(=O)N1Cc1csc(COc2ccc(-c3cc(F)c(F)cc3F)cc2)n1. The van der Waals surface area contributed by atoms with Crippen LogP contribution in [0.2, 0.25) is 0 Å². The van der Waals surface area contributed by atoms with Crippen LogP contribution in [0.4, 0.5) is 13.2 Å². The number of ether oxygens (including phenoxy) is 1. The summed E-state index contributed by atoms with van der Waals surface area (Å²) in [6.45, 7) is -0.0665. The topological polar surface area (TPSA) is 96.8 Å². The molecule has 3 aromatic rings. The molecule has 2 heterocycles. The second-order valence-electron chi connectivity index (χ2n) is 7.30. The van der Waals surface area contributed by atoms with Gasteiger partial charge in [-0.25, -0.2) is 26.6 Å². The Bertz CT molecular complexity index is 1300. The van der Waals surface area contributed by atoms with Crippen LogP contribution in [-0.4, -0.2) is 40.6 Å². The highest BCUT2D eigenvalue weighted by Gasteiger charge is 2.41. The molecule has 0 radical (unpaired) electrons. The van der Waals surface area contributed by atoms with Crippen molar-refractivity contribution in [1.82, 2.24) is 9.29 Å². The number of hydrogen-bond acceptors (Lipinski definition) is 6. The average Bonchev–Trinajstić information content (AvgIpc) is 3.34. The Labute approximate surface area is 191 Å². The van der Waals surface area contributed by atoms with Crippen molar-refractivity contribution in [2.45, 2.75) is 25.6 Å². The Morgan fingerprint density at radius 2 is 1.85 bits per heavy atom. The van der Waals surface area contributed by atoms with Gasteiger partial charge in [0, 0.05) is 17.0 Å². The number of nitrogens with zero attached hydrogens (tertiary/aromatic N) is 2. The number of sulfonamides is 1. The summed E-state index contributed by atoms with van der Waals surface area (Å²) in [6.07, 6.45) is 0.0300. The molecule has 0 aliphatic carbocycles. The van der Waals surface area contributed by atoms with Gasteiger partial charge in [0.05, 0.1) is 18.0 Å². The van der Waals surface area contributed by atoms with Crippen LogP contribution >= 0.6 is 11.3 Å². The molecule has 12 heteroatoms. The lowest BCUT2D eigenvalue weighted by molar-refractivity contribution is -0.141. The summed E-state index contributed by atoms with van der Waals surface area (Å²) in [7, 11) is -3.65. The maximum atomic E-state index is 13.9. The maximum absolute atomic E-state index is 13.9. The van der Waals surface area contributed by atoms with Gasteiger partial charge >= 0.3 is 5.97 Å². The zero-order valence-electron chi connectivity index (χ0n) is 16.9. The van der Waals surface area contributed by atoms with Crippen LogP contribution in [0.1, 0.15) is 17.1 Å². The monoisotopic (exact) mass is 498 g/mol. The van der Waals surface area contributed by atoms with Crippen LogP contribution in [0.3, 0.4) is 0 Å². The number of halogens is 3. The Balaban J connectivity index is 1.40. The second-order valence-corrected chi connectivity index (χ2v) is 10.3. The van der Waals surface area contributed by atoms with Crippen molar-refractivity contribution in [3.8, 4) is 16.9 Å². The van der Waals surface area contributed by atoms with E-state index in [9.17, 15) is 31.5 Å². The van der Waals surface area contributed by atoms with Crippen molar-refractivity contribution in [1.29, 1.82) is 0 Å². The van der Waals surface area contributed by atoms with Gasteiger partial charge in [0.25, 0.3) is 0 Å². The van der Waals surface area contributed by atoms with E-state index >= 15 is 0 Å². The minimum atomic E-state index is -3.65. The predicted molar refractivity (Wildman–Crippen MR) is 114 cm³/mol. The quantitative estimate of drug-likeness (QED) is 0.498. The number of rotatable bonds is 7. The number of carboxylic acids is 1. The fraction of sp³-hybridized carbons (Fsp3) is 0.238. The number of aromatic nitrogens is 1. The van der Waals surface area contributed by atoms with E-state index in [1.165, 1.54) is 23.5 Å². The third-order valence-electron chi connectivity index (χ3n) is 5.09. The molecule has 2 aromatic carbocycles. The third kappa shape index (κ3) is 5.02. The van der Waals surface area contributed by atoms with Crippen molar-refractivity contribution in [2.24, 2.45) is 0 Å². The van der Waals surface area contributed by atoms with E-state index in [4.69, 9.17) is 4.74 Å². The third-order valence-corrected chi connectivity index (χ3v) is 7.81. The standard InChI is InChI=1S/C21H17F3N2O5S2/c22-16-8-18(24)17(23)7-15(16)12-1-3-14(4-2-12)31-10-20-25-13(11-32-20)9-26-19(21(27)28)5-6-33(26,29)30/h1-4,7-8,11,19H,5-6,9-10H2,(H,27,28)/t19-/m0/s1. The van der Waals surface area contributed by atoms with Crippen LogP contribution in [0.15, 0.2) is 41.8 Å². The number of carbonyl (C=O) groups is 1. The average molecular weight is 499 g/mol. The van der Waals surface area contributed by atoms with Gasteiger partial charge in [0.15, 0.2) is 11.6 Å². The van der Waals surface area contributed by atoms with E-state index < -0.39 is 39.5 Å². The van der Waals surface area contributed by atoms with Crippen LogP contribution in [0.25, 0.3) is 11.1 Å². The van der Waals surface area contributed by atoms with Crippen molar-refractivity contribution >= 4 is 27.3 Å². The number of thiazole rings is 1. The van der Waals surface area contributed by atoms with E-state index in [0.717, 1.165) is 10.4 Å². The van der Waals surface area contributed by atoms with Gasteiger partial charge < -0.3 is 9.84 Å². The summed E-state index contributed by atoms with van der Waals surface area (Å²) in [4.78, 5) is 15.6. The molecule has 4 rings (SSSR count). The number of carboxylic acid groups (broad SMARTS) is 1. The molecule has 1 aromatic heterocycles. The molecule has 0 spiro atoms. The van der Waals surface area contributed by atoms with Gasteiger partial charge in [-0.3, -0.25) is 4.79 Å². The van der Waals surface area contributed by atoms with Gasteiger partial charge in [-0.15, -0.1) is 11.3 Å². The van der Waals surface area contributed by atoms with Gasteiger partial charge in [0.1, 0.15) is 29.2 Å². The summed E-state index contributed by atoms with van der Waals surface area (Å²) in [5, 5.41) is 11.4. The molecule has 1 atom stereocenters. The first-order valence-corrected chi connectivity index (χ1v) is 12.2. The molecule has 174 valence electrons. The molecule has 33 heavy (non-hydrogen) atoms. The van der Waals surface area contributed by atoms with E-state index in [-0.39, 0.29) is 30.9 Å². The van der Waals surface area contributed by atoms with E-state index in [1.54, 1.807) is 17.5 Å². The first kappa shape index (κ1) is 23.2. The molecule has 1 N–H and O–H groups in total. The Hall–Kier alpha value is -2.96. The minimum absolute atomic E-state index is 0.0300. The summed E-state index contributed by atoms with van der Waals surface area (Å²) in [5.74, 6) is -4.28. The minimum Gasteiger partial charge on any atom is -0.486 e. The second kappa shape index (κ2) is 9.12. The van der Waals surface area contributed by atoms with E-state index in [0.29, 0.717) is 28.1 Å². The Morgan fingerprint density at radius 3 is 2.55 bits per heavy atom. The zero-order valence-corrected chi connectivity index (χ0v) is 18.5. The maximum Gasteiger partial charge on any atom is 0.322 e. The highest BCUT2D eigenvalue weighted by atomic mass is 32.2. The lowest BCUT2D eigenvalue weighted by Crippen LogP contribution is -2.38. The number of aliphatic carboxylic acids is 1.